The molecular weight excluding hydrogens is 220 g/mol. The predicted octanol–water partition coefficient (Wildman–Crippen LogP) is 0.827. The van der Waals surface area contributed by atoms with Crippen molar-refractivity contribution in [3.05, 3.63) is 0 Å². The number of nitrogens with zero attached hydrogens (tertiary/aromatic N) is 1. The number of amides is 1. The second-order valence-corrected chi connectivity index (χ2v) is 4.74. The van der Waals surface area contributed by atoms with Crippen molar-refractivity contribution in [2.75, 3.05) is 13.1 Å². The minimum absolute atomic E-state index is 0.0336. The first-order valence-electron chi connectivity index (χ1n) is 6.28. The molecule has 17 heavy (non-hydrogen) atoms. The van der Waals surface area contributed by atoms with Gasteiger partial charge in [-0.25, -0.2) is 0 Å². The molecule has 0 bridgehead atoms. The van der Waals surface area contributed by atoms with E-state index in [0.717, 1.165) is 25.7 Å². The molecule has 1 unspecified atom stereocenters. The van der Waals surface area contributed by atoms with Crippen molar-refractivity contribution in [1.82, 2.24) is 4.90 Å². The highest BCUT2D eigenvalue weighted by atomic mass is 16.4. The second kappa shape index (κ2) is 6.59. The summed E-state index contributed by atoms with van der Waals surface area (Å²) in [6.45, 7) is 2.83. The number of rotatable bonds is 8. The lowest BCUT2D eigenvalue weighted by Gasteiger charge is -2.25. The molecule has 0 aromatic carbocycles. The van der Waals surface area contributed by atoms with Gasteiger partial charge in [-0.15, -0.1) is 0 Å². The van der Waals surface area contributed by atoms with Crippen molar-refractivity contribution in [2.24, 2.45) is 11.7 Å². The maximum atomic E-state index is 12.1. The highest BCUT2D eigenvalue weighted by molar-refractivity contribution is 5.79. The quantitative estimate of drug-likeness (QED) is 0.660. The summed E-state index contributed by atoms with van der Waals surface area (Å²) in [6.07, 6.45) is 3.67. The standard InChI is InChI=1S/C12H22N2O3/c1-9(3-2-7-13)12(17)14(10-4-5-10)8-6-11(15)16/h9-10H,2-8,13H2,1H3,(H,15,16). The molecule has 5 nitrogen and oxygen atoms in total. The van der Waals surface area contributed by atoms with E-state index < -0.39 is 5.97 Å². The lowest BCUT2D eigenvalue weighted by Crippen LogP contribution is -2.38. The number of carbonyl (C=O) groups excluding carboxylic acids is 1. The molecule has 3 N–H and O–H groups in total. The lowest BCUT2D eigenvalue weighted by atomic mass is 10.0. The van der Waals surface area contributed by atoms with Gasteiger partial charge in [-0.2, -0.15) is 0 Å². The molecule has 1 amide bonds. The monoisotopic (exact) mass is 242 g/mol. The summed E-state index contributed by atoms with van der Waals surface area (Å²) in [5.41, 5.74) is 5.42. The van der Waals surface area contributed by atoms with Gasteiger partial charge in [0, 0.05) is 18.5 Å². The number of carboxylic acids is 1. The van der Waals surface area contributed by atoms with Crippen LogP contribution in [0.5, 0.6) is 0 Å². The van der Waals surface area contributed by atoms with E-state index in [1.54, 1.807) is 4.90 Å². The van der Waals surface area contributed by atoms with Gasteiger partial charge in [0.05, 0.1) is 6.42 Å². The maximum Gasteiger partial charge on any atom is 0.305 e. The van der Waals surface area contributed by atoms with Gasteiger partial charge in [0.15, 0.2) is 0 Å². The third-order valence-corrected chi connectivity index (χ3v) is 3.10. The van der Waals surface area contributed by atoms with Crippen molar-refractivity contribution in [3.8, 4) is 0 Å². The molecule has 1 rings (SSSR count). The van der Waals surface area contributed by atoms with Crippen molar-refractivity contribution in [3.63, 3.8) is 0 Å². The van der Waals surface area contributed by atoms with Crippen LogP contribution in [0.4, 0.5) is 0 Å². The zero-order valence-electron chi connectivity index (χ0n) is 10.4. The molecule has 1 aliphatic carbocycles. The van der Waals surface area contributed by atoms with Crippen LogP contribution < -0.4 is 5.73 Å². The Hall–Kier alpha value is -1.10. The molecule has 0 aliphatic heterocycles. The first kappa shape index (κ1) is 14.0. The number of carboxylic acid groups (broad SMARTS) is 1. The zero-order chi connectivity index (χ0) is 12.8. The summed E-state index contributed by atoms with van der Waals surface area (Å²) < 4.78 is 0. The van der Waals surface area contributed by atoms with Crippen LogP contribution in [0.15, 0.2) is 0 Å². The second-order valence-electron chi connectivity index (χ2n) is 4.74. The smallest absolute Gasteiger partial charge is 0.305 e. The summed E-state index contributed by atoms with van der Waals surface area (Å²) in [7, 11) is 0. The fourth-order valence-electron chi connectivity index (χ4n) is 1.91. The van der Waals surface area contributed by atoms with E-state index in [4.69, 9.17) is 10.8 Å². The van der Waals surface area contributed by atoms with Crippen LogP contribution in [-0.4, -0.2) is 41.0 Å². The zero-order valence-corrected chi connectivity index (χ0v) is 10.4. The molecule has 1 atom stereocenters. The fourth-order valence-corrected chi connectivity index (χ4v) is 1.91. The van der Waals surface area contributed by atoms with Crippen LogP contribution in [-0.2, 0) is 9.59 Å². The Labute approximate surface area is 102 Å². The van der Waals surface area contributed by atoms with Gasteiger partial charge in [-0.1, -0.05) is 6.92 Å². The van der Waals surface area contributed by atoms with E-state index >= 15 is 0 Å². The van der Waals surface area contributed by atoms with E-state index in [1.807, 2.05) is 6.92 Å². The summed E-state index contributed by atoms with van der Waals surface area (Å²) in [5.74, 6) is -0.812. The number of hydrogen-bond donors (Lipinski definition) is 2. The summed E-state index contributed by atoms with van der Waals surface area (Å²) >= 11 is 0. The third kappa shape index (κ3) is 4.73. The Morgan fingerprint density at radius 3 is 2.59 bits per heavy atom. The van der Waals surface area contributed by atoms with Gasteiger partial charge in [-0.05, 0) is 32.2 Å². The maximum absolute atomic E-state index is 12.1. The molecule has 0 spiro atoms. The third-order valence-electron chi connectivity index (χ3n) is 3.10. The molecule has 98 valence electrons. The van der Waals surface area contributed by atoms with E-state index in [1.165, 1.54) is 0 Å². The number of carbonyl (C=O) groups is 2. The van der Waals surface area contributed by atoms with Crippen molar-refractivity contribution >= 4 is 11.9 Å². The fraction of sp³-hybridized carbons (Fsp3) is 0.833. The van der Waals surface area contributed by atoms with Crippen LogP contribution >= 0.6 is 0 Å². The van der Waals surface area contributed by atoms with Crippen molar-refractivity contribution < 1.29 is 14.7 Å². The normalized spacial score (nSPS) is 16.6. The number of nitrogens with two attached hydrogens (primary N) is 1. The average molecular weight is 242 g/mol. The topological polar surface area (TPSA) is 83.6 Å². The largest absolute Gasteiger partial charge is 0.481 e. The molecule has 0 aromatic rings. The van der Waals surface area contributed by atoms with Gasteiger partial charge in [0.1, 0.15) is 0 Å². The van der Waals surface area contributed by atoms with Gasteiger partial charge in [-0.3, -0.25) is 9.59 Å². The van der Waals surface area contributed by atoms with Gasteiger partial charge in [0.2, 0.25) is 5.91 Å². The first-order valence-corrected chi connectivity index (χ1v) is 6.28. The van der Waals surface area contributed by atoms with Crippen LogP contribution in [0.25, 0.3) is 0 Å². The van der Waals surface area contributed by atoms with Gasteiger partial charge < -0.3 is 15.7 Å². The Morgan fingerprint density at radius 1 is 1.47 bits per heavy atom. The molecular formula is C12H22N2O3. The lowest BCUT2D eigenvalue weighted by molar-refractivity contribution is -0.140. The summed E-state index contributed by atoms with van der Waals surface area (Å²) in [5, 5.41) is 8.67. The van der Waals surface area contributed by atoms with Gasteiger partial charge in [0.25, 0.3) is 0 Å². The van der Waals surface area contributed by atoms with Gasteiger partial charge >= 0.3 is 5.97 Å². The van der Waals surface area contributed by atoms with Crippen LogP contribution in [0, 0.1) is 5.92 Å². The van der Waals surface area contributed by atoms with Crippen LogP contribution in [0.1, 0.15) is 39.0 Å². The van der Waals surface area contributed by atoms with E-state index in [-0.39, 0.29) is 24.3 Å². The Kier molecular flexibility index (Phi) is 5.41. The molecule has 1 fully saturated rings. The molecule has 1 saturated carbocycles. The van der Waals surface area contributed by atoms with E-state index in [2.05, 4.69) is 0 Å². The van der Waals surface area contributed by atoms with Crippen molar-refractivity contribution in [2.45, 2.75) is 45.1 Å². The van der Waals surface area contributed by atoms with Crippen molar-refractivity contribution in [1.29, 1.82) is 0 Å². The highest BCUT2D eigenvalue weighted by Crippen LogP contribution is 2.28. The van der Waals surface area contributed by atoms with Crippen LogP contribution in [0.3, 0.4) is 0 Å². The molecule has 0 heterocycles. The minimum Gasteiger partial charge on any atom is -0.481 e. The molecule has 0 radical (unpaired) electrons. The summed E-state index contributed by atoms with van der Waals surface area (Å²) in [4.78, 5) is 24.4. The molecule has 0 aromatic heterocycles. The number of hydrogen-bond acceptors (Lipinski definition) is 3. The average Bonchev–Trinajstić information content (AvgIpc) is 3.09. The highest BCUT2D eigenvalue weighted by Gasteiger charge is 2.34. The van der Waals surface area contributed by atoms with E-state index in [0.29, 0.717) is 13.1 Å². The first-order chi connectivity index (χ1) is 8.06. The minimum atomic E-state index is -0.849. The predicted molar refractivity (Wildman–Crippen MR) is 64.4 cm³/mol. The van der Waals surface area contributed by atoms with E-state index in [9.17, 15) is 9.59 Å². The SMILES string of the molecule is CC(CCCN)C(=O)N(CCC(=O)O)C1CC1. The Balaban J connectivity index is 2.45. The molecule has 0 saturated heterocycles. The number of aliphatic carboxylic acids is 1. The Morgan fingerprint density at radius 2 is 2.12 bits per heavy atom. The molecule has 1 aliphatic rings. The summed E-state index contributed by atoms with van der Waals surface area (Å²) in [6, 6.07) is 0.280. The van der Waals surface area contributed by atoms with Crippen LogP contribution in [0.2, 0.25) is 0 Å². The Bertz CT molecular complexity index is 277. The molecule has 5 heteroatoms.